The van der Waals surface area contributed by atoms with Crippen LogP contribution in [0.1, 0.15) is 178 Å². The van der Waals surface area contributed by atoms with E-state index in [-0.39, 0.29) is 110 Å². The highest BCUT2D eigenvalue weighted by Gasteiger charge is 2.44. The number of rotatable bonds is 78. The number of likely N-dealkylation sites (tertiary alicyclic amines) is 1. The Kier molecular flexibility index (Phi) is 60.7. The number of quaternary nitrogens is 1. The molecule has 1 fully saturated rings. The number of piperidine rings is 1. The molecule has 13 N–H and O–H groups in total. The number of anilines is 1. The highest BCUT2D eigenvalue weighted by molar-refractivity contribution is 7.09. The Balaban J connectivity index is 1.26. The van der Waals surface area contributed by atoms with Crippen molar-refractivity contribution in [2.75, 3.05) is 198 Å². The van der Waals surface area contributed by atoms with Crippen LogP contribution < -0.4 is 48.3 Å². The predicted octanol–water partition coefficient (Wildman–Crippen LogP) is 4.53. The third kappa shape index (κ3) is 49.8. The number of hydrogen-bond donors (Lipinski definition) is 12. The van der Waals surface area contributed by atoms with Crippen LogP contribution in [0, 0.1) is 23.7 Å². The number of esters is 1. The SMILES string of the molecule is CC[C@H](C)[C@H](NC(=O)[C@H]1CCCC[N+]1(C)Cc1ccc(NC(=O)[C@H](CCC(=O)O)NC(=O)[C@@H](NC(=O)[C@H](CCCCNC(=O)CCOCCOCCOCCOCCOCCOCCOCCOCCOCCOCCOCCOC)NC(=O)[C@H](CN)NC(=O)CCC(=O)O)C(C)C)cc1)C(=O)N(C)[C@H](C[C@@H](OC(C)=O)c1nc(C(=O)N[C@@H](Cc2ccccc2)C[C@H](C)C(=O)O)cs1)C(C)C. The number of nitrogens with one attached hydrogen (secondary N) is 8. The van der Waals surface area contributed by atoms with E-state index in [0.717, 1.165) is 35.3 Å². The van der Waals surface area contributed by atoms with E-state index >= 15 is 4.79 Å². The van der Waals surface area contributed by atoms with Crippen LogP contribution in [0.3, 0.4) is 0 Å². The summed E-state index contributed by atoms with van der Waals surface area (Å²) in [5.41, 5.74) is 7.90. The van der Waals surface area contributed by atoms with E-state index in [2.05, 4.69) is 47.5 Å². The third-order valence-corrected chi connectivity index (χ3v) is 23.5. The zero-order valence-corrected chi connectivity index (χ0v) is 82.1. The minimum Gasteiger partial charge on any atom is -0.481 e. The van der Waals surface area contributed by atoms with Gasteiger partial charge in [-0.2, -0.15) is 0 Å². The maximum atomic E-state index is 15.1. The van der Waals surface area contributed by atoms with E-state index in [4.69, 9.17) is 72.4 Å². The van der Waals surface area contributed by atoms with Crippen LogP contribution in [0.4, 0.5) is 5.69 Å². The van der Waals surface area contributed by atoms with Crippen LogP contribution in [-0.2, 0) is 132 Å². The minimum atomic E-state index is -1.46. The molecule has 1 aliphatic rings. The van der Waals surface area contributed by atoms with E-state index in [1.807, 2.05) is 65.1 Å². The molecule has 0 saturated carbocycles. The van der Waals surface area contributed by atoms with Crippen LogP contribution in [-0.4, -0.2) is 348 Å². The van der Waals surface area contributed by atoms with Crippen LogP contribution in [0.5, 0.6) is 0 Å². The number of hydrogen-bond acceptors (Lipinski definition) is 29. The van der Waals surface area contributed by atoms with Crippen molar-refractivity contribution in [3.63, 3.8) is 0 Å². The van der Waals surface area contributed by atoms with Gasteiger partial charge in [-0.05, 0) is 86.8 Å². The molecule has 4 rings (SSSR count). The summed E-state index contributed by atoms with van der Waals surface area (Å²) in [4.78, 5) is 180. The fourth-order valence-electron chi connectivity index (χ4n) is 14.7. The summed E-state index contributed by atoms with van der Waals surface area (Å²) in [5, 5.41) is 52.5. The van der Waals surface area contributed by atoms with Crippen molar-refractivity contribution < 1.29 is 144 Å². The van der Waals surface area contributed by atoms with Crippen LogP contribution in [0.25, 0.3) is 0 Å². The van der Waals surface area contributed by atoms with Gasteiger partial charge in [-0.3, -0.25) is 62.3 Å². The van der Waals surface area contributed by atoms with Crippen molar-refractivity contribution in [1.82, 2.24) is 47.1 Å². The molecule has 2 aromatic carbocycles. The van der Waals surface area contributed by atoms with Crippen LogP contribution in [0.15, 0.2) is 60.0 Å². The molecule has 0 aliphatic carbocycles. The summed E-state index contributed by atoms with van der Waals surface area (Å²) in [6.07, 6.45) is 0.764. The summed E-state index contributed by atoms with van der Waals surface area (Å²) < 4.78 is 71.6. The largest absolute Gasteiger partial charge is 0.481 e. The number of aliphatic carboxylic acids is 3. The van der Waals surface area contributed by atoms with Crippen molar-refractivity contribution in [1.29, 1.82) is 0 Å². The quantitative estimate of drug-likeness (QED) is 0.0210. The zero-order chi connectivity index (χ0) is 100. The van der Waals surface area contributed by atoms with Gasteiger partial charge in [0.05, 0.1) is 178 Å². The Labute approximate surface area is 803 Å². The fraction of sp³-hybridized carbons (Fsp3) is 0.702. The van der Waals surface area contributed by atoms with Gasteiger partial charge in [0.1, 0.15) is 47.5 Å². The standard InChI is InChI=1S/C94H152N12O29S/c1-12-66(6)85(93(120)105(9)77(64(2)3)60-79(135-68(8)107)92-102-76(63-136-92)89(117)98-72(58-67(7)94(121)122)59-69-20-14-13-15-21-69)104-90(118)78-23-17-19-34-106(78,10)62-70-24-26-71(27-25-70)97-86(114)74(28-30-82(110)111)101-91(119)84(65(4)5)103-87(115)73(100-88(116)75(61-95)99-81(109)29-31-83(112)113)22-16-18-33-96-80(108)32-35-124-38-39-126-42-43-128-46-47-130-50-51-132-54-55-134-57-56-133-53-52-131-49-48-129-45-44-127-41-40-125-37-36-123-11/h13-15,20-21,24-27,63-67,72-75,77-79,84-85H,12,16-19,22-23,28-62,95H2,1-11H3,(H10-,96,97,98,99,100,101,103,104,108,109,110,111,112,113,114,115,116,117,118,119,121,122)/p+1/t66-,67-,72+,73-,74-,75-,77+,78+,79+,84-,85-,106?/m0/s1. The number of carbonyl (C=O) groups excluding carboxylic acids is 10. The first-order valence-corrected chi connectivity index (χ1v) is 48.0. The first kappa shape index (κ1) is 119. The minimum absolute atomic E-state index is 0.0292. The maximum absolute atomic E-state index is 15.1. The number of nitrogens with two attached hydrogens (primary N) is 1. The number of unbranched alkanes of at least 4 members (excludes halogenated alkanes) is 1. The Bertz CT molecular complexity index is 3990. The van der Waals surface area contributed by atoms with E-state index in [0.29, 0.717) is 176 Å². The van der Waals surface area contributed by atoms with Gasteiger partial charge in [0, 0.05) is 95.0 Å². The first-order valence-electron chi connectivity index (χ1n) is 47.2. The number of carbonyl (C=O) groups is 13. The number of methoxy groups -OCH3 is 1. The Morgan fingerprint density at radius 1 is 0.537 bits per heavy atom. The van der Waals surface area contributed by atoms with Crippen molar-refractivity contribution in [3.8, 4) is 0 Å². The number of carboxylic acids is 3. The van der Waals surface area contributed by atoms with Crippen molar-refractivity contribution in [2.24, 2.45) is 29.4 Å². The molecular formula is C94H153N12O29S+. The maximum Gasteiger partial charge on any atom is 0.306 e. The third-order valence-electron chi connectivity index (χ3n) is 22.6. The lowest BCUT2D eigenvalue weighted by atomic mass is 9.92. The Morgan fingerprint density at radius 2 is 1.05 bits per heavy atom. The molecule has 0 bridgehead atoms. The van der Waals surface area contributed by atoms with Gasteiger partial charge >= 0.3 is 23.9 Å². The Morgan fingerprint density at radius 3 is 1.54 bits per heavy atom. The topological polar surface area (TPSA) is 541 Å². The van der Waals surface area contributed by atoms with Crippen molar-refractivity contribution in [2.45, 2.75) is 213 Å². The van der Waals surface area contributed by atoms with Gasteiger partial charge in [0.25, 0.3) is 11.8 Å². The summed E-state index contributed by atoms with van der Waals surface area (Å²) in [7, 11) is 5.26. The molecule has 1 unspecified atom stereocenters. The second kappa shape index (κ2) is 69.4. The molecule has 42 heteroatoms. The van der Waals surface area contributed by atoms with Gasteiger partial charge in [-0.25, -0.2) is 4.98 Å². The smallest absolute Gasteiger partial charge is 0.306 e. The van der Waals surface area contributed by atoms with Crippen LogP contribution >= 0.6 is 11.3 Å². The molecule has 1 saturated heterocycles. The second-order valence-electron chi connectivity index (χ2n) is 34.3. The molecule has 0 spiro atoms. The predicted molar refractivity (Wildman–Crippen MR) is 502 cm³/mol. The second-order valence-corrected chi connectivity index (χ2v) is 35.2. The number of nitrogens with zero attached hydrogens (tertiary/aromatic N) is 3. The molecule has 768 valence electrons. The summed E-state index contributed by atoms with van der Waals surface area (Å²) in [6.45, 7) is 23.8. The van der Waals surface area contributed by atoms with Crippen LogP contribution in [0.2, 0.25) is 0 Å². The molecule has 136 heavy (non-hydrogen) atoms. The first-order chi connectivity index (χ1) is 65.2. The summed E-state index contributed by atoms with van der Waals surface area (Å²) in [6, 6.07) is 7.85. The zero-order valence-electron chi connectivity index (χ0n) is 81.3. The summed E-state index contributed by atoms with van der Waals surface area (Å²) in [5.74, 6) is -11.8. The van der Waals surface area contributed by atoms with Crippen molar-refractivity contribution in [3.05, 3.63) is 81.8 Å². The molecule has 1 aromatic heterocycles. The van der Waals surface area contributed by atoms with E-state index in [1.54, 1.807) is 69.5 Å². The highest BCUT2D eigenvalue weighted by atomic mass is 32.1. The number of ether oxygens (including phenoxy) is 13. The lowest BCUT2D eigenvalue weighted by Crippen LogP contribution is -2.63. The summed E-state index contributed by atoms with van der Waals surface area (Å²) >= 11 is 1.11. The lowest BCUT2D eigenvalue weighted by Gasteiger charge is -2.44. The average Bonchev–Trinajstić information content (AvgIpc) is 0.892. The van der Waals surface area contributed by atoms with Gasteiger partial charge in [-0.1, -0.05) is 97.4 Å². The number of aromatic nitrogens is 1. The molecule has 0 radical (unpaired) electrons. The molecule has 9 amide bonds. The van der Waals surface area contributed by atoms with Crippen molar-refractivity contribution >= 4 is 94.1 Å². The molecule has 12 atom stereocenters. The molecule has 41 nitrogen and oxygen atoms in total. The average molecular weight is 1950 g/mol. The van der Waals surface area contributed by atoms with Gasteiger partial charge in [0.15, 0.2) is 12.1 Å². The molecule has 1 aliphatic heterocycles. The monoisotopic (exact) mass is 1950 g/mol. The number of carboxylic acid groups (broad SMARTS) is 3. The van der Waals surface area contributed by atoms with E-state index in [9.17, 15) is 67.7 Å². The highest BCUT2D eigenvalue weighted by Crippen LogP contribution is 2.33. The van der Waals surface area contributed by atoms with E-state index < -0.39 is 151 Å². The molecule has 3 aromatic rings. The number of likely N-dealkylation sites (N-methyl/N-ethyl adjacent to an activating group) is 2. The molecular weight excluding hydrogens is 1790 g/mol. The van der Waals surface area contributed by atoms with Gasteiger partial charge in [-0.15, -0.1) is 11.3 Å². The lowest BCUT2D eigenvalue weighted by molar-refractivity contribution is -0.942. The molecule has 2 heterocycles. The Hall–Kier alpha value is -9.38. The number of benzene rings is 2. The number of thiazole rings is 1. The van der Waals surface area contributed by atoms with Gasteiger partial charge in [0.2, 0.25) is 41.4 Å². The van der Waals surface area contributed by atoms with Gasteiger partial charge < -0.3 is 135 Å². The normalized spacial score (nSPS) is 15.9. The number of amides is 9. The van der Waals surface area contributed by atoms with E-state index in [1.165, 1.54) is 6.92 Å². The fourth-order valence-corrected chi connectivity index (χ4v) is 15.5.